The van der Waals surface area contributed by atoms with Gasteiger partial charge in [0.05, 0.1) is 11.6 Å². The summed E-state index contributed by atoms with van der Waals surface area (Å²) in [7, 11) is 1.63. The number of fused-ring (bicyclic) bond motifs is 1. The number of methoxy groups -OCH3 is 1. The van der Waals surface area contributed by atoms with Crippen LogP contribution in [0.5, 0.6) is 11.5 Å². The largest absolute Gasteiger partial charge is 0.493 e. The fourth-order valence-electron chi connectivity index (χ4n) is 4.92. The molecule has 1 N–H and O–H groups in total. The summed E-state index contributed by atoms with van der Waals surface area (Å²) in [6, 6.07) is 13.5. The summed E-state index contributed by atoms with van der Waals surface area (Å²) in [4.78, 5) is 18.3. The molecule has 0 radical (unpaired) electrons. The fraction of sp³-hybridized carbons (Fsp3) is 0.393. The van der Waals surface area contributed by atoms with Crippen molar-refractivity contribution in [2.24, 2.45) is 5.41 Å². The molecule has 1 aliphatic carbocycles. The van der Waals surface area contributed by atoms with E-state index in [4.69, 9.17) is 19.6 Å². The highest BCUT2D eigenvalue weighted by molar-refractivity contribution is 9.10. The third-order valence-corrected chi connectivity index (χ3v) is 8.17. The molecule has 5 rings (SSSR count). The molecule has 1 aliphatic heterocycles. The van der Waals surface area contributed by atoms with Crippen molar-refractivity contribution in [1.29, 1.82) is 0 Å². The predicted octanol–water partition coefficient (Wildman–Crippen LogP) is 6.79. The zero-order valence-electron chi connectivity index (χ0n) is 21.5. The van der Waals surface area contributed by atoms with Crippen LogP contribution in [-0.2, 0) is 11.4 Å². The van der Waals surface area contributed by atoms with Crippen molar-refractivity contribution >= 4 is 39.4 Å². The first-order valence-electron chi connectivity index (χ1n) is 12.5. The molecule has 1 atom stereocenters. The maximum Gasteiger partial charge on any atom is 0.227 e. The Morgan fingerprint density at radius 2 is 2.00 bits per heavy atom. The lowest BCUT2D eigenvalue weighted by Crippen LogP contribution is -2.36. The fourth-order valence-corrected chi connectivity index (χ4v) is 6.18. The van der Waals surface area contributed by atoms with Crippen LogP contribution >= 0.6 is 27.7 Å². The Kier molecular flexibility index (Phi) is 7.36. The van der Waals surface area contributed by atoms with E-state index in [1.807, 2.05) is 47.1 Å². The van der Waals surface area contributed by atoms with Crippen molar-refractivity contribution in [2.75, 3.05) is 18.2 Å². The molecule has 7 nitrogen and oxygen atoms in total. The molecule has 2 aromatic carbocycles. The highest BCUT2D eigenvalue weighted by Gasteiger charge is 2.42. The highest BCUT2D eigenvalue weighted by Crippen LogP contribution is 2.48. The van der Waals surface area contributed by atoms with Crippen LogP contribution in [0.25, 0.3) is 0 Å². The number of thioether (sulfide) groups is 1. The third-order valence-electron chi connectivity index (χ3n) is 6.54. The van der Waals surface area contributed by atoms with E-state index in [1.165, 1.54) is 0 Å². The molecule has 0 saturated heterocycles. The summed E-state index contributed by atoms with van der Waals surface area (Å²) >= 11 is 5.33. The predicted molar refractivity (Wildman–Crippen MR) is 149 cm³/mol. The maximum absolute atomic E-state index is 13.5. The monoisotopic (exact) mass is 582 g/mol. The number of carbonyl (C=O) groups excluding carboxylic acids is 1. The molecule has 0 amide bonds. The van der Waals surface area contributed by atoms with Crippen LogP contribution in [0.2, 0.25) is 0 Å². The van der Waals surface area contributed by atoms with Gasteiger partial charge in [0.25, 0.3) is 0 Å². The highest BCUT2D eigenvalue weighted by atomic mass is 79.9. The molecule has 0 bridgehead atoms. The molecule has 194 valence electrons. The van der Waals surface area contributed by atoms with Crippen molar-refractivity contribution in [2.45, 2.75) is 57.8 Å². The molecule has 0 saturated carbocycles. The molecule has 1 aromatic heterocycles. The van der Waals surface area contributed by atoms with E-state index in [9.17, 15) is 4.79 Å². The minimum absolute atomic E-state index is 0.122. The second-order valence-corrected chi connectivity index (χ2v) is 12.1. The molecule has 1 unspecified atom stereocenters. The number of ketones is 1. The van der Waals surface area contributed by atoms with Crippen LogP contribution in [0, 0.1) is 5.41 Å². The van der Waals surface area contributed by atoms with E-state index in [0.717, 1.165) is 45.5 Å². The molecule has 2 aliphatic rings. The number of nitrogens with zero attached hydrogens (tertiary/aromatic N) is 3. The van der Waals surface area contributed by atoms with Crippen molar-refractivity contribution in [3.05, 3.63) is 69.3 Å². The van der Waals surface area contributed by atoms with Gasteiger partial charge in [-0.1, -0.05) is 62.9 Å². The zero-order valence-corrected chi connectivity index (χ0v) is 23.9. The van der Waals surface area contributed by atoms with Gasteiger partial charge < -0.3 is 14.8 Å². The number of hydrogen-bond donors (Lipinski definition) is 1. The lowest BCUT2D eigenvalue weighted by Gasteiger charge is -2.38. The summed E-state index contributed by atoms with van der Waals surface area (Å²) in [5, 5.41) is 8.97. The summed E-state index contributed by atoms with van der Waals surface area (Å²) in [5.41, 5.74) is 3.50. The number of nitrogens with one attached hydrogen (secondary N) is 1. The minimum atomic E-state index is -0.410. The van der Waals surface area contributed by atoms with Gasteiger partial charge in [0.2, 0.25) is 11.1 Å². The Labute approximate surface area is 230 Å². The Hall–Kier alpha value is -2.78. The molecule has 3 aromatic rings. The van der Waals surface area contributed by atoms with Gasteiger partial charge >= 0.3 is 0 Å². The summed E-state index contributed by atoms with van der Waals surface area (Å²) in [5.74, 6) is 2.93. The van der Waals surface area contributed by atoms with Gasteiger partial charge in [-0.15, -0.1) is 5.10 Å². The Morgan fingerprint density at radius 1 is 1.22 bits per heavy atom. The zero-order chi connectivity index (χ0) is 26.2. The standard InChI is InChI=1S/C28H31BrN4O3S/c1-5-11-37-27-31-26-30-20-14-28(2,3)15-21(34)23(20)24(33(26)32-27)18-12-19(29)25(22(13-18)35-4)36-16-17-9-7-6-8-10-17/h6-10,12-13,24H,5,11,14-16H2,1-4H3,(H,30,31,32). The number of benzene rings is 2. The number of rotatable bonds is 8. The molecule has 9 heteroatoms. The van der Waals surface area contributed by atoms with Gasteiger partial charge in [-0.3, -0.25) is 4.79 Å². The van der Waals surface area contributed by atoms with Gasteiger partial charge in [-0.05, 0) is 57.4 Å². The second-order valence-electron chi connectivity index (χ2n) is 10.2. The van der Waals surface area contributed by atoms with E-state index in [2.05, 4.69) is 42.0 Å². The topological polar surface area (TPSA) is 78.3 Å². The Balaban J connectivity index is 1.57. The van der Waals surface area contributed by atoms with E-state index in [-0.39, 0.29) is 11.2 Å². The number of Topliss-reactive ketones (excluding diaryl/α,β-unsaturated/α-hetero) is 1. The molecular formula is C28H31BrN4O3S. The minimum Gasteiger partial charge on any atom is -0.493 e. The van der Waals surface area contributed by atoms with Gasteiger partial charge in [-0.25, -0.2) is 4.68 Å². The lowest BCUT2D eigenvalue weighted by atomic mass is 9.73. The third kappa shape index (κ3) is 5.29. The van der Waals surface area contributed by atoms with Crippen LogP contribution in [0.4, 0.5) is 5.95 Å². The smallest absolute Gasteiger partial charge is 0.227 e. The number of hydrogen-bond acceptors (Lipinski definition) is 7. The number of aromatic nitrogens is 3. The van der Waals surface area contributed by atoms with Gasteiger partial charge in [0.15, 0.2) is 17.3 Å². The van der Waals surface area contributed by atoms with Crippen LogP contribution < -0.4 is 14.8 Å². The number of allylic oxidation sites excluding steroid dienone is 2. The van der Waals surface area contributed by atoms with Gasteiger partial charge in [0, 0.05) is 23.4 Å². The molecule has 2 heterocycles. The van der Waals surface area contributed by atoms with Crippen molar-refractivity contribution in [3.63, 3.8) is 0 Å². The van der Waals surface area contributed by atoms with E-state index >= 15 is 0 Å². The van der Waals surface area contributed by atoms with Crippen LogP contribution in [0.3, 0.4) is 0 Å². The van der Waals surface area contributed by atoms with Crippen LogP contribution in [0.1, 0.15) is 57.2 Å². The summed E-state index contributed by atoms with van der Waals surface area (Å²) < 4.78 is 14.5. The molecule has 0 spiro atoms. The first-order valence-corrected chi connectivity index (χ1v) is 14.2. The van der Waals surface area contributed by atoms with E-state index in [1.54, 1.807) is 18.9 Å². The second kappa shape index (κ2) is 10.5. The average molecular weight is 584 g/mol. The van der Waals surface area contributed by atoms with Crippen molar-refractivity contribution in [3.8, 4) is 11.5 Å². The van der Waals surface area contributed by atoms with Gasteiger partial charge in [-0.2, -0.15) is 4.98 Å². The number of anilines is 1. The van der Waals surface area contributed by atoms with E-state index < -0.39 is 6.04 Å². The van der Waals surface area contributed by atoms with Crippen molar-refractivity contribution < 1.29 is 14.3 Å². The number of carbonyl (C=O) groups is 1. The Bertz CT molecular complexity index is 1350. The average Bonchev–Trinajstić information content (AvgIpc) is 3.27. The summed E-state index contributed by atoms with van der Waals surface area (Å²) in [6.07, 6.45) is 2.29. The van der Waals surface area contributed by atoms with Crippen LogP contribution in [-0.4, -0.2) is 33.4 Å². The first kappa shape index (κ1) is 25.9. The van der Waals surface area contributed by atoms with Crippen LogP contribution in [0.15, 0.2) is 63.4 Å². The quantitative estimate of drug-likeness (QED) is 0.293. The number of ether oxygens (including phenoxy) is 2. The molecule has 0 fully saturated rings. The van der Waals surface area contributed by atoms with Gasteiger partial charge in [0.1, 0.15) is 12.6 Å². The normalized spacial score (nSPS) is 18.2. The first-order chi connectivity index (χ1) is 17.8. The molecule has 37 heavy (non-hydrogen) atoms. The van der Waals surface area contributed by atoms with Crippen molar-refractivity contribution in [1.82, 2.24) is 14.8 Å². The Morgan fingerprint density at radius 3 is 2.73 bits per heavy atom. The van der Waals surface area contributed by atoms with E-state index in [0.29, 0.717) is 35.6 Å². The SMILES string of the molecule is CCCSc1nc2n(n1)C(c1cc(Br)c(OCc3ccccc3)c(OC)c1)C1=C(CC(C)(C)CC1=O)N2. The lowest BCUT2D eigenvalue weighted by molar-refractivity contribution is -0.118. The maximum atomic E-state index is 13.5. The summed E-state index contributed by atoms with van der Waals surface area (Å²) in [6.45, 7) is 6.81. The molecular weight excluding hydrogens is 552 g/mol. The number of halogens is 1.